The third-order valence-electron chi connectivity index (χ3n) is 7.51. The molecule has 209 valence electrons. The van der Waals surface area contributed by atoms with Crippen LogP contribution in [0.1, 0.15) is 27.8 Å². The van der Waals surface area contributed by atoms with Crippen LogP contribution in [-0.2, 0) is 41.3 Å². The number of carbonyl (C=O) groups excluding carboxylic acids is 5. The molecule has 0 bridgehead atoms. The van der Waals surface area contributed by atoms with Crippen LogP contribution in [0.25, 0.3) is 0 Å². The molecule has 0 aliphatic heterocycles. The molecular formula is C34H18N5O5. The quantitative estimate of drug-likeness (QED) is 0.135. The lowest BCUT2D eigenvalue weighted by molar-refractivity contribution is 0.364. The van der Waals surface area contributed by atoms with Crippen molar-refractivity contribution >= 4 is 53.1 Å². The van der Waals surface area contributed by atoms with Gasteiger partial charge < -0.3 is 0 Å². The molecular weight excluding hydrogens is 558 g/mol. The SMILES string of the molecule is O=C=Nc1ccc(C(c2ccc(N=C=O)cc2)(c2ccc(N=C=O)cc2)C2(N=C=O)[C]=CCc3c(N=C=O)cccc32)cc1. The third-order valence-corrected chi connectivity index (χ3v) is 7.51. The molecule has 10 heteroatoms. The first-order valence-corrected chi connectivity index (χ1v) is 13.0. The number of rotatable bonds is 9. The number of allylic oxidation sites excluding steroid dienone is 1. The van der Waals surface area contributed by atoms with Gasteiger partial charge in [-0.3, -0.25) is 0 Å². The lowest BCUT2D eigenvalue weighted by atomic mass is 9.54. The highest BCUT2D eigenvalue weighted by molar-refractivity contribution is 5.68. The summed E-state index contributed by atoms with van der Waals surface area (Å²) in [5.41, 5.74) is 1.12. The Hall–Kier alpha value is -6.48. The Morgan fingerprint density at radius 3 is 1.43 bits per heavy atom. The molecule has 1 aliphatic rings. The van der Waals surface area contributed by atoms with E-state index in [1.54, 1.807) is 109 Å². The lowest BCUT2D eigenvalue weighted by Crippen LogP contribution is -2.50. The molecule has 1 radical (unpaired) electrons. The summed E-state index contributed by atoms with van der Waals surface area (Å²) in [6.07, 6.45) is 13.3. The monoisotopic (exact) mass is 576 g/mol. The van der Waals surface area contributed by atoms with E-state index in [0.29, 0.717) is 57.0 Å². The van der Waals surface area contributed by atoms with E-state index < -0.39 is 11.0 Å². The summed E-state index contributed by atoms with van der Waals surface area (Å²) in [5.74, 6) is 0. The maximum atomic E-state index is 12.5. The molecule has 0 saturated heterocycles. The van der Waals surface area contributed by atoms with Crippen molar-refractivity contribution in [2.45, 2.75) is 17.4 Å². The molecule has 1 aliphatic carbocycles. The first kappa shape index (κ1) is 29.0. The van der Waals surface area contributed by atoms with Gasteiger partial charge in [-0.15, -0.1) is 0 Å². The van der Waals surface area contributed by atoms with Crippen LogP contribution in [-0.4, -0.2) is 30.4 Å². The van der Waals surface area contributed by atoms with Crippen LogP contribution < -0.4 is 0 Å². The summed E-state index contributed by atoms with van der Waals surface area (Å²) in [6.45, 7) is 0. The highest BCUT2D eigenvalue weighted by atomic mass is 16.1. The van der Waals surface area contributed by atoms with Gasteiger partial charge in [-0.2, -0.15) is 25.0 Å². The predicted octanol–water partition coefficient (Wildman–Crippen LogP) is 6.04. The number of hydrogen-bond donors (Lipinski definition) is 0. The smallest absolute Gasteiger partial charge is 0.211 e. The molecule has 4 aromatic rings. The van der Waals surface area contributed by atoms with Gasteiger partial charge in [0.2, 0.25) is 30.4 Å². The van der Waals surface area contributed by atoms with Crippen LogP contribution in [0, 0.1) is 6.08 Å². The molecule has 0 saturated carbocycles. The molecule has 0 heterocycles. The molecule has 1 unspecified atom stereocenters. The first-order chi connectivity index (χ1) is 21.6. The zero-order valence-electron chi connectivity index (χ0n) is 22.7. The van der Waals surface area contributed by atoms with Gasteiger partial charge in [0, 0.05) is 0 Å². The van der Waals surface area contributed by atoms with Gasteiger partial charge in [0.1, 0.15) is 5.54 Å². The lowest BCUT2D eigenvalue weighted by Gasteiger charge is -2.49. The Labute approximate surface area is 250 Å². The number of fused-ring (bicyclic) bond motifs is 1. The van der Waals surface area contributed by atoms with E-state index in [4.69, 9.17) is 0 Å². The fraction of sp³-hybridized carbons (Fsp3) is 0.0882. The Balaban J connectivity index is 2.02. The molecule has 44 heavy (non-hydrogen) atoms. The van der Waals surface area contributed by atoms with E-state index in [1.165, 1.54) is 18.2 Å². The maximum absolute atomic E-state index is 12.5. The van der Waals surface area contributed by atoms with Crippen LogP contribution in [0.3, 0.4) is 0 Å². The molecule has 4 aromatic carbocycles. The fourth-order valence-electron chi connectivity index (χ4n) is 5.86. The summed E-state index contributed by atoms with van der Waals surface area (Å²) in [7, 11) is 0. The largest absolute Gasteiger partial charge is 0.240 e. The maximum Gasteiger partial charge on any atom is 0.240 e. The summed E-state index contributed by atoms with van der Waals surface area (Å²) < 4.78 is 0. The van der Waals surface area contributed by atoms with E-state index in [0.717, 1.165) is 0 Å². The molecule has 10 nitrogen and oxygen atoms in total. The van der Waals surface area contributed by atoms with Crippen molar-refractivity contribution in [1.29, 1.82) is 0 Å². The predicted molar refractivity (Wildman–Crippen MR) is 158 cm³/mol. The molecule has 0 fully saturated rings. The molecule has 0 N–H and O–H groups in total. The molecule has 1 atom stereocenters. The van der Waals surface area contributed by atoms with Crippen LogP contribution >= 0.6 is 0 Å². The minimum atomic E-state index is -1.67. The average molecular weight is 577 g/mol. The summed E-state index contributed by atoms with van der Waals surface area (Å²) in [4.78, 5) is 76.3. The fourth-order valence-corrected chi connectivity index (χ4v) is 5.86. The number of isocyanates is 5. The molecule has 0 amide bonds. The molecule has 0 spiro atoms. The van der Waals surface area contributed by atoms with Crippen molar-refractivity contribution in [3.8, 4) is 0 Å². The standard InChI is InChI=1S/C34H18N5O5/c40-19-35-27-12-6-24(7-13-27)34(25-8-14-28(15-9-25)36-20-41,26-10-16-29(17-11-26)37-21-42)33(39-23-44)18-2-3-30-31(33)4-1-5-32(30)38-22-43/h1-2,4-17H,3H2. The van der Waals surface area contributed by atoms with Crippen molar-refractivity contribution in [3.63, 3.8) is 0 Å². The minimum absolute atomic E-state index is 0.329. The van der Waals surface area contributed by atoms with Crippen molar-refractivity contribution in [2.75, 3.05) is 0 Å². The zero-order valence-corrected chi connectivity index (χ0v) is 22.7. The van der Waals surface area contributed by atoms with Gasteiger partial charge in [-0.05, 0) is 82.8 Å². The highest BCUT2D eigenvalue weighted by Crippen LogP contribution is 2.57. The van der Waals surface area contributed by atoms with Gasteiger partial charge in [-0.1, -0.05) is 54.6 Å². The van der Waals surface area contributed by atoms with Crippen LogP contribution in [0.2, 0.25) is 0 Å². The van der Waals surface area contributed by atoms with Gasteiger partial charge in [-0.25, -0.2) is 24.0 Å². The topological polar surface area (TPSA) is 147 Å². The van der Waals surface area contributed by atoms with Crippen LogP contribution in [0.15, 0.2) is 122 Å². The second-order valence-electron chi connectivity index (χ2n) is 9.47. The van der Waals surface area contributed by atoms with Crippen molar-refractivity contribution in [1.82, 2.24) is 0 Å². The van der Waals surface area contributed by atoms with Gasteiger partial charge in [0.25, 0.3) is 0 Å². The summed E-state index contributed by atoms with van der Waals surface area (Å²) in [5, 5.41) is 0. The minimum Gasteiger partial charge on any atom is -0.211 e. The number of hydrogen-bond acceptors (Lipinski definition) is 10. The van der Waals surface area contributed by atoms with Crippen molar-refractivity contribution < 1.29 is 24.0 Å². The Bertz CT molecular complexity index is 1860. The van der Waals surface area contributed by atoms with Gasteiger partial charge in [0.05, 0.1) is 28.2 Å². The van der Waals surface area contributed by atoms with E-state index in [2.05, 4.69) is 31.0 Å². The van der Waals surface area contributed by atoms with Gasteiger partial charge >= 0.3 is 0 Å². The van der Waals surface area contributed by atoms with E-state index >= 15 is 0 Å². The second kappa shape index (κ2) is 12.6. The van der Waals surface area contributed by atoms with Gasteiger partial charge in [0.15, 0.2) is 0 Å². The molecule has 5 rings (SSSR count). The average Bonchev–Trinajstić information content (AvgIpc) is 3.05. The van der Waals surface area contributed by atoms with E-state index in [1.807, 2.05) is 0 Å². The number of benzene rings is 4. The number of aliphatic imine (C=N–C) groups is 5. The Morgan fingerprint density at radius 2 is 1.02 bits per heavy atom. The summed E-state index contributed by atoms with van der Waals surface area (Å²) >= 11 is 0. The van der Waals surface area contributed by atoms with Crippen molar-refractivity contribution in [3.05, 3.63) is 131 Å². The highest BCUT2D eigenvalue weighted by Gasteiger charge is 2.57. The second-order valence-corrected chi connectivity index (χ2v) is 9.47. The Kier molecular flexibility index (Phi) is 8.30. The zero-order chi connectivity index (χ0) is 31.0. The van der Waals surface area contributed by atoms with E-state index in [9.17, 15) is 24.0 Å². The third kappa shape index (κ3) is 4.84. The Morgan fingerprint density at radius 1 is 0.568 bits per heavy atom. The number of nitrogens with zero attached hydrogens (tertiary/aromatic N) is 5. The molecule has 0 aromatic heterocycles. The first-order valence-electron chi connectivity index (χ1n) is 13.0. The van der Waals surface area contributed by atoms with E-state index in [-0.39, 0.29) is 0 Å². The normalized spacial score (nSPS) is 15.8. The van der Waals surface area contributed by atoms with Crippen LogP contribution in [0.4, 0.5) is 22.7 Å². The van der Waals surface area contributed by atoms with Crippen molar-refractivity contribution in [2.24, 2.45) is 25.0 Å². The summed E-state index contributed by atoms with van der Waals surface area (Å²) in [6, 6.07) is 25.2. The van der Waals surface area contributed by atoms with Crippen LogP contribution in [0.5, 0.6) is 0 Å².